The van der Waals surface area contributed by atoms with Gasteiger partial charge in [0.25, 0.3) is 0 Å². The smallest absolute Gasteiger partial charge is 0.190 e. The Balaban J connectivity index is 0.00000289. The number of aromatic nitrogens is 3. The van der Waals surface area contributed by atoms with Crippen LogP contribution in [0.1, 0.15) is 44.3 Å². The highest BCUT2D eigenvalue weighted by atomic mass is 127. The van der Waals surface area contributed by atoms with E-state index in [-0.39, 0.29) is 24.0 Å². The zero-order chi connectivity index (χ0) is 21.4. The standard InChI is InChI=1S/C23H37N7O.HI/c1-24-22(25-12-7-9-21-28-27-20-8-3-6-13-30(20)21)26-18-23(10-4-2-5-11-23)19-29-14-16-31-17-15-29;/h3,6,8,13H,2,4-5,7,9-12,14-19H2,1H3,(H2,24,25,26);1H. The Kier molecular flexibility index (Phi) is 9.98. The van der Waals surface area contributed by atoms with Gasteiger partial charge in [0.1, 0.15) is 5.82 Å². The summed E-state index contributed by atoms with van der Waals surface area (Å²) in [5.74, 6) is 1.91. The summed E-state index contributed by atoms with van der Waals surface area (Å²) in [7, 11) is 1.86. The second kappa shape index (κ2) is 12.7. The SMILES string of the molecule is CN=C(NCCCc1nnc2ccccn12)NCC1(CN2CCOCC2)CCCCC1.I. The van der Waals surface area contributed by atoms with Crippen molar-refractivity contribution in [1.29, 1.82) is 0 Å². The number of ether oxygens (including phenoxy) is 1. The Hall–Kier alpha value is -1.46. The third-order valence-corrected chi connectivity index (χ3v) is 6.69. The molecule has 0 spiro atoms. The number of nitrogens with one attached hydrogen (secondary N) is 2. The van der Waals surface area contributed by atoms with Crippen LogP contribution in [-0.4, -0.2) is 78.4 Å². The molecule has 0 aromatic carbocycles. The molecular weight excluding hydrogens is 517 g/mol. The number of aliphatic imine (C=N–C) groups is 1. The maximum absolute atomic E-state index is 5.55. The van der Waals surface area contributed by atoms with E-state index in [1.54, 1.807) is 0 Å². The molecule has 2 N–H and O–H groups in total. The summed E-state index contributed by atoms with van der Waals surface area (Å²) in [6.45, 7) is 6.87. The van der Waals surface area contributed by atoms with Crippen molar-refractivity contribution in [2.24, 2.45) is 10.4 Å². The molecule has 1 aliphatic heterocycles. The molecule has 2 fully saturated rings. The lowest BCUT2D eigenvalue weighted by molar-refractivity contribution is 0.00820. The maximum Gasteiger partial charge on any atom is 0.190 e. The molecule has 0 amide bonds. The molecule has 4 rings (SSSR count). The molecule has 0 bridgehead atoms. The molecule has 1 aliphatic carbocycles. The van der Waals surface area contributed by atoms with E-state index in [9.17, 15) is 0 Å². The van der Waals surface area contributed by atoms with Crippen LogP contribution in [0.3, 0.4) is 0 Å². The van der Waals surface area contributed by atoms with E-state index in [1.807, 2.05) is 31.4 Å². The second-order valence-electron chi connectivity index (χ2n) is 8.95. The van der Waals surface area contributed by atoms with Gasteiger partial charge in [-0.1, -0.05) is 25.3 Å². The first-order valence-corrected chi connectivity index (χ1v) is 11.8. The zero-order valence-corrected chi connectivity index (χ0v) is 21.6. The van der Waals surface area contributed by atoms with Crippen LogP contribution >= 0.6 is 24.0 Å². The molecule has 3 heterocycles. The van der Waals surface area contributed by atoms with Gasteiger partial charge in [0, 0.05) is 57.8 Å². The third-order valence-electron chi connectivity index (χ3n) is 6.69. The van der Waals surface area contributed by atoms with Crippen LogP contribution < -0.4 is 10.6 Å². The first-order valence-electron chi connectivity index (χ1n) is 11.8. The van der Waals surface area contributed by atoms with E-state index in [0.29, 0.717) is 5.41 Å². The summed E-state index contributed by atoms with van der Waals surface area (Å²) in [5.41, 5.74) is 1.24. The topological polar surface area (TPSA) is 79.1 Å². The first kappa shape index (κ1) is 25.2. The van der Waals surface area contributed by atoms with Crippen molar-refractivity contribution in [2.75, 3.05) is 53.0 Å². The van der Waals surface area contributed by atoms with Crippen LogP contribution in [-0.2, 0) is 11.2 Å². The van der Waals surface area contributed by atoms with Crippen molar-refractivity contribution in [2.45, 2.75) is 44.9 Å². The molecule has 8 nitrogen and oxygen atoms in total. The molecular formula is C23H38IN7O. The minimum atomic E-state index is 0. The van der Waals surface area contributed by atoms with Gasteiger partial charge in [0.15, 0.2) is 11.6 Å². The fourth-order valence-electron chi connectivity index (χ4n) is 4.93. The maximum atomic E-state index is 5.55. The highest BCUT2D eigenvalue weighted by molar-refractivity contribution is 14.0. The summed E-state index contributed by atoms with van der Waals surface area (Å²) in [6.07, 6.45) is 10.5. The molecule has 9 heteroatoms. The van der Waals surface area contributed by atoms with Crippen molar-refractivity contribution < 1.29 is 4.74 Å². The average Bonchev–Trinajstić information content (AvgIpc) is 3.23. The normalized spacial score (nSPS) is 19.5. The number of rotatable bonds is 8. The molecule has 32 heavy (non-hydrogen) atoms. The van der Waals surface area contributed by atoms with Gasteiger partial charge in [-0.25, -0.2) is 0 Å². The number of morpholine rings is 1. The van der Waals surface area contributed by atoms with Gasteiger partial charge in [0.2, 0.25) is 0 Å². The predicted molar refractivity (Wildman–Crippen MR) is 139 cm³/mol. The van der Waals surface area contributed by atoms with E-state index >= 15 is 0 Å². The molecule has 178 valence electrons. The van der Waals surface area contributed by atoms with Gasteiger partial charge in [0.05, 0.1) is 13.2 Å². The molecule has 0 unspecified atom stereocenters. The zero-order valence-electron chi connectivity index (χ0n) is 19.3. The number of aryl methyl sites for hydroxylation is 1. The third kappa shape index (κ3) is 6.77. The van der Waals surface area contributed by atoms with Crippen LogP contribution in [0.4, 0.5) is 0 Å². The van der Waals surface area contributed by atoms with E-state index in [2.05, 4.69) is 35.1 Å². The van der Waals surface area contributed by atoms with E-state index < -0.39 is 0 Å². The first-order chi connectivity index (χ1) is 15.3. The number of nitrogens with zero attached hydrogens (tertiary/aromatic N) is 5. The van der Waals surface area contributed by atoms with E-state index in [4.69, 9.17) is 4.74 Å². The van der Waals surface area contributed by atoms with Crippen molar-refractivity contribution in [3.63, 3.8) is 0 Å². The number of hydrogen-bond donors (Lipinski definition) is 2. The van der Waals surface area contributed by atoms with E-state index in [1.165, 1.54) is 38.6 Å². The summed E-state index contributed by atoms with van der Waals surface area (Å²) in [4.78, 5) is 7.06. The summed E-state index contributed by atoms with van der Waals surface area (Å²) in [6, 6.07) is 5.99. The minimum absolute atomic E-state index is 0. The number of fused-ring (bicyclic) bond motifs is 1. The quantitative estimate of drug-likeness (QED) is 0.226. The molecule has 0 atom stereocenters. The van der Waals surface area contributed by atoms with Gasteiger partial charge in [-0.3, -0.25) is 14.3 Å². The lowest BCUT2D eigenvalue weighted by Crippen LogP contribution is -2.51. The largest absolute Gasteiger partial charge is 0.379 e. The Bertz CT molecular complexity index is 844. The molecule has 2 aromatic rings. The number of guanidine groups is 1. The predicted octanol–water partition coefficient (Wildman–Crippen LogP) is 2.73. The van der Waals surface area contributed by atoms with Crippen molar-refractivity contribution >= 4 is 35.6 Å². The molecule has 2 aromatic heterocycles. The van der Waals surface area contributed by atoms with Crippen molar-refractivity contribution in [3.8, 4) is 0 Å². The highest BCUT2D eigenvalue weighted by Gasteiger charge is 2.34. The number of hydrogen-bond acceptors (Lipinski definition) is 5. The van der Waals surface area contributed by atoms with Gasteiger partial charge in [-0.2, -0.15) is 0 Å². The van der Waals surface area contributed by atoms with Crippen LogP contribution in [0.15, 0.2) is 29.4 Å². The second-order valence-corrected chi connectivity index (χ2v) is 8.95. The summed E-state index contributed by atoms with van der Waals surface area (Å²) in [5, 5.41) is 15.7. The summed E-state index contributed by atoms with van der Waals surface area (Å²) < 4.78 is 7.61. The minimum Gasteiger partial charge on any atom is -0.379 e. The van der Waals surface area contributed by atoms with Crippen LogP contribution in [0, 0.1) is 5.41 Å². The highest BCUT2D eigenvalue weighted by Crippen LogP contribution is 2.36. The molecule has 1 saturated heterocycles. The fourth-order valence-corrected chi connectivity index (χ4v) is 4.93. The van der Waals surface area contributed by atoms with E-state index in [0.717, 1.165) is 69.7 Å². The van der Waals surface area contributed by atoms with Crippen LogP contribution in [0.25, 0.3) is 5.65 Å². The lowest BCUT2D eigenvalue weighted by Gasteiger charge is -2.42. The van der Waals surface area contributed by atoms with Crippen LogP contribution in [0.5, 0.6) is 0 Å². The van der Waals surface area contributed by atoms with Crippen molar-refractivity contribution in [1.82, 2.24) is 30.1 Å². The van der Waals surface area contributed by atoms with Gasteiger partial charge >= 0.3 is 0 Å². The lowest BCUT2D eigenvalue weighted by atomic mass is 9.73. The molecule has 2 aliphatic rings. The van der Waals surface area contributed by atoms with Gasteiger partial charge in [-0.05, 0) is 31.4 Å². The Labute approximate surface area is 208 Å². The molecule has 0 radical (unpaired) electrons. The monoisotopic (exact) mass is 555 g/mol. The number of halogens is 1. The summed E-state index contributed by atoms with van der Waals surface area (Å²) >= 11 is 0. The van der Waals surface area contributed by atoms with Gasteiger partial charge in [-0.15, -0.1) is 34.2 Å². The van der Waals surface area contributed by atoms with Crippen LogP contribution in [0.2, 0.25) is 0 Å². The Morgan fingerprint density at radius 1 is 1.12 bits per heavy atom. The Morgan fingerprint density at radius 2 is 1.94 bits per heavy atom. The average molecular weight is 556 g/mol. The Morgan fingerprint density at radius 3 is 2.72 bits per heavy atom. The fraction of sp³-hybridized carbons (Fsp3) is 0.696. The number of pyridine rings is 1. The van der Waals surface area contributed by atoms with Crippen molar-refractivity contribution in [3.05, 3.63) is 30.2 Å². The van der Waals surface area contributed by atoms with Gasteiger partial charge < -0.3 is 15.4 Å². The molecule has 1 saturated carbocycles.